The fraction of sp³-hybridized carbons (Fsp3) is 0.857. The fourth-order valence-electron chi connectivity index (χ4n) is 2.94. The number of rotatable bonds is 6. The summed E-state index contributed by atoms with van der Waals surface area (Å²) >= 11 is 11.1. The van der Waals surface area contributed by atoms with Gasteiger partial charge in [-0.25, -0.2) is 9.59 Å². The van der Waals surface area contributed by atoms with Crippen LogP contribution >= 0.6 is 23.2 Å². The van der Waals surface area contributed by atoms with Crippen LogP contribution in [0.25, 0.3) is 0 Å². The monoisotopic (exact) mass is 352 g/mol. The standard InChI is InChI=1S/C14H26Cl2N4O2/c1-14(2)8-10(19-12(21)17-5-3-15)7-11(9-14)20-13(22)18-6-4-16/h10-11H,3-9H2,1-2H3,(H2,17,19,21)(H2,18,20,22). The van der Waals surface area contributed by atoms with E-state index in [1.54, 1.807) is 0 Å². The molecule has 0 heterocycles. The Morgan fingerprint density at radius 1 is 0.955 bits per heavy atom. The van der Waals surface area contributed by atoms with Crippen molar-refractivity contribution in [3.63, 3.8) is 0 Å². The molecule has 0 bridgehead atoms. The van der Waals surface area contributed by atoms with E-state index in [0.717, 1.165) is 12.8 Å². The fourth-order valence-corrected chi connectivity index (χ4v) is 3.13. The van der Waals surface area contributed by atoms with Gasteiger partial charge in [0, 0.05) is 36.9 Å². The number of urea groups is 2. The van der Waals surface area contributed by atoms with Crippen molar-refractivity contribution < 1.29 is 9.59 Å². The van der Waals surface area contributed by atoms with Gasteiger partial charge in [-0.05, 0) is 24.7 Å². The van der Waals surface area contributed by atoms with E-state index in [-0.39, 0.29) is 29.6 Å². The molecule has 0 aromatic heterocycles. The number of carbonyl (C=O) groups excluding carboxylic acids is 2. The second-order valence-corrected chi connectivity index (χ2v) is 7.14. The summed E-state index contributed by atoms with van der Waals surface area (Å²) < 4.78 is 0. The maximum absolute atomic E-state index is 11.8. The number of halogens is 2. The van der Waals surface area contributed by atoms with Crippen LogP contribution in [-0.4, -0.2) is 49.0 Å². The topological polar surface area (TPSA) is 82.3 Å². The SMILES string of the molecule is CC1(C)CC(NC(=O)NCCCl)CC(NC(=O)NCCCl)C1. The van der Waals surface area contributed by atoms with E-state index in [2.05, 4.69) is 35.1 Å². The molecular weight excluding hydrogens is 327 g/mol. The Hall–Kier alpha value is -0.880. The smallest absolute Gasteiger partial charge is 0.315 e. The molecular formula is C14H26Cl2N4O2. The molecule has 4 amide bonds. The molecule has 1 aliphatic rings. The van der Waals surface area contributed by atoms with Crippen LogP contribution in [0, 0.1) is 5.41 Å². The second-order valence-electron chi connectivity index (χ2n) is 6.38. The minimum atomic E-state index is -0.214. The van der Waals surface area contributed by atoms with Crippen LogP contribution in [0.1, 0.15) is 33.1 Å². The van der Waals surface area contributed by atoms with Gasteiger partial charge < -0.3 is 21.3 Å². The van der Waals surface area contributed by atoms with E-state index >= 15 is 0 Å². The lowest BCUT2D eigenvalue weighted by molar-refractivity contribution is 0.160. The van der Waals surface area contributed by atoms with Crippen LogP contribution in [0.2, 0.25) is 0 Å². The Labute approximate surface area is 142 Å². The summed E-state index contributed by atoms with van der Waals surface area (Å²) in [6, 6.07) is -0.378. The van der Waals surface area contributed by atoms with E-state index in [0.29, 0.717) is 31.3 Å². The van der Waals surface area contributed by atoms with Crippen molar-refractivity contribution in [2.75, 3.05) is 24.8 Å². The summed E-state index contributed by atoms with van der Waals surface area (Å²) in [6.07, 6.45) is 2.47. The van der Waals surface area contributed by atoms with Crippen molar-refractivity contribution in [2.45, 2.75) is 45.2 Å². The summed E-state index contributed by atoms with van der Waals surface area (Å²) in [5.74, 6) is 0.767. The lowest BCUT2D eigenvalue weighted by atomic mass is 9.73. The lowest BCUT2D eigenvalue weighted by Gasteiger charge is -2.40. The van der Waals surface area contributed by atoms with Gasteiger partial charge in [-0.15, -0.1) is 23.2 Å². The van der Waals surface area contributed by atoms with Crippen LogP contribution in [-0.2, 0) is 0 Å². The number of nitrogens with one attached hydrogen (secondary N) is 4. The molecule has 0 aromatic carbocycles. The summed E-state index contributed by atoms with van der Waals surface area (Å²) in [5.41, 5.74) is 0.0487. The minimum absolute atomic E-state index is 0.0254. The molecule has 1 aliphatic carbocycles. The van der Waals surface area contributed by atoms with E-state index in [1.165, 1.54) is 0 Å². The van der Waals surface area contributed by atoms with Gasteiger partial charge in [-0.1, -0.05) is 13.8 Å². The summed E-state index contributed by atoms with van der Waals surface area (Å²) in [6.45, 7) is 5.16. The van der Waals surface area contributed by atoms with Gasteiger partial charge in [0.1, 0.15) is 0 Å². The van der Waals surface area contributed by atoms with Crippen molar-refractivity contribution in [3.8, 4) is 0 Å². The van der Waals surface area contributed by atoms with Gasteiger partial charge in [0.2, 0.25) is 0 Å². The molecule has 4 N–H and O–H groups in total. The highest BCUT2D eigenvalue weighted by atomic mass is 35.5. The van der Waals surface area contributed by atoms with Gasteiger partial charge >= 0.3 is 12.1 Å². The average molecular weight is 353 g/mol. The van der Waals surface area contributed by atoms with Gasteiger partial charge in [0.05, 0.1) is 0 Å². The third-order valence-electron chi connectivity index (χ3n) is 3.60. The summed E-state index contributed by atoms with van der Waals surface area (Å²) in [7, 11) is 0. The first-order valence-corrected chi connectivity index (χ1v) is 8.64. The van der Waals surface area contributed by atoms with Gasteiger partial charge in [0.15, 0.2) is 0 Å². The van der Waals surface area contributed by atoms with Crippen molar-refractivity contribution in [2.24, 2.45) is 5.41 Å². The number of carbonyl (C=O) groups is 2. The quantitative estimate of drug-likeness (QED) is 0.551. The molecule has 2 unspecified atom stereocenters. The van der Waals surface area contributed by atoms with Crippen molar-refractivity contribution >= 4 is 35.3 Å². The molecule has 128 valence electrons. The largest absolute Gasteiger partial charge is 0.337 e. The molecule has 1 saturated carbocycles. The Morgan fingerprint density at radius 2 is 1.36 bits per heavy atom. The molecule has 1 fully saturated rings. The predicted molar refractivity (Wildman–Crippen MR) is 89.7 cm³/mol. The molecule has 6 nitrogen and oxygen atoms in total. The van der Waals surface area contributed by atoms with Crippen molar-refractivity contribution in [3.05, 3.63) is 0 Å². The normalized spacial score (nSPS) is 23.5. The third kappa shape index (κ3) is 7.40. The highest BCUT2D eigenvalue weighted by Crippen LogP contribution is 2.35. The third-order valence-corrected chi connectivity index (χ3v) is 3.98. The minimum Gasteiger partial charge on any atom is -0.337 e. The number of alkyl halides is 2. The number of hydrogen-bond donors (Lipinski definition) is 4. The highest BCUT2D eigenvalue weighted by molar-refractivity contribution is 6.18. The molecule has 22 heavy (non-hydrogen) atoms. The molecule has 1 rings (SSSR count). The summed E-state index contributed by atoms with van der Waals surface area (Å²) in [4.78, 5) is 23.5. The number of hydrogen-bond acceptors (Lipinski definition) is 2. The molecule has 0 aromatic rings. The van der Waals surface area contributed by atoms with Crippen molar-refractivity contribution in [1.29, 1.82) is 0 Å². The van der Waals surface area contributed by atoms with Crippen LogP contribution in [0.5, 0.6) is 0 Å². The Balaban J connectivity index is 2.50. The van der Waals surface area contributed by atoms with Crippen LogP contribution in [0.3, 0.4) is 0 Å². The molecule has 0 aliphatic heterocycles. The van der Waals surface area contributed by atoms with Gasteiger partial charge in [-0.2, -0.15) is 0 Å². The van der Waals surface area contributed by atoms with Gasteiger partial charge in [-0.3, -0.25) is 0 Å². The Bertz CT molecular complexity index is 348. The van der Waals surface area contributed by atoms with Crippen LogP contribution in [0.4, 0.5) is 9.59 Å². The summed E-state index contributed by atoms with van der Waals surface area (Å²) in [5, 5.41) is 11.3. The predicted octanol–water partition coefficient (Wildman–Crippen LogP) is 2.01. The maximum atomic E-state index is 11.8. The Morgan fingerprint density at radius 3 is 1.73 bits per heavy atom. The average Bonchev–Trinajstić information content (AvgIpc) is 2.41. The molecule has 0 saturated heterocycles. The van der Waals surface area contributed by atoms with E-state index < -0.39 is 0 Å². The van der Waals surface area contributed by atoms with Crippen LogP contribution in [0.15, 0.2) is 0 Å². The second kappa shape index (κ2) is 9.30. The molecule has 2 atom stereocenters. The van der Waals surface area contributed by atoms with E-state index in [4.69, 9.17) is 23.2 Å². The molecule has 0 radical (unpaired) electrons. The lowest BCUT2D eigenvalue weighted by Crippen LogP contribution is -2.53. The van der Waals surface area contributed by atoms with E-state index in [9.17, 15) is 9.59 Å². The first-order valence-electron chi connectivity index (χ1n) is 7.57. The molecule has 0 spiro atoms. The molecule has 8 heteroatoms. The highest BCUT2D eigenvalue weighted by Gasteiger charge is 2.35. The first-order chi connectivity index (χ1) is 10.4. The zero-order chi connectivity index (χ0) is 16.6. The zero-order valence-electron chi connectivity index (χ0n) is 13.2. The Kier molecular flexibility index (Phi) is 8.10. The van der Waals surface area contributed by atoms with E-state index in [1.807, 2.05) is 0 Å². The van der Waals surface area contributed by atoms with Crippen LogP contribution < -0.4 is 21.3 Å². The maximum Gasteiger partial charge on any atom is 0.315 e. The number of amides is 4. The zero-order valence-corrected chi connectivity index (χ0v) is 14.7. The first kappa shape index (κ1) is 19.2. The van der Waals surface area contributed by atoms with Gasteiger partial charge in [0.25, 0.3) is 0 Å². The van der Waals surface area contributed by atoms with Crippen molar-refractivity contribution in [1.82, 2.24) is 21.3 Å².